The second-order valence-electron chi connectivity index (χ2n) is 11.7. The Kier molecular flexibility index (Phi) is 9.76. The molecule has 0 saturated carbocycles. The van der Waals surface area contributed by atoms with E-state index in [1.165, 1.54) is 17.0 Å². The monoisotopic (exact) mass is 560 g/mol. The highest BCUT2D eigenvalue weighted by molar-refractivity contribution is 6.02. The average Bonchev–Trinajstić information content (AvgIpc) is 3.23. The van der Waals surface area contributed by atoms with Gasteiger partial charge in [-0.2, -0.15) is 0 Å². The fourth-order valence-corrected chi connectivity index (χ4v) is 4.26. The third kappa shape index (κ3) is 9.20. The molecule has 0 fully saturated rings. The summed E-state index contributed by atoms with van der Waals surface area (Å²) in [5, 5.41) is 2.54. The number of ether oxygens (including phenoxy) is 3. The molecule has 0 spiro atoms. The van der Waals surface area contributed by atoms with E-state index >= 15 is 0 Å². The Morgan fingerprint density at radius 3 is 2.33 bits per heavy atom. The van der Waals surface area contributed by atoms with Gasteiger partial charge in [-0.15, -0.1) is 0 Å². The number of nitrogens with one attached hydrogen (secondary N) is 1. The van der Waals surface area contributed by atoms with Crippen LogP contribution in [0.1, 0.15) is 65.5 Å². The van der Waals surface area contributed by atoms with Gasteiger partial charge in [0.1, 0.15) is 34.6 Å². The van der Waals surface area contributed by atoms with Gasteiger partial charge in [-0.1, -0.05) is 6.07 Å². The number of anilines is 1. The quantitative estimate of drug-likeness (QED) is 0.322. The van der Waals surface area contributed by atoms with Crippen molar-refractivity contribution in [1.29, 1.82) is 0 Å². The SMILES string of the molecule is CC(C)(C)OC(=O)C[C@@H](NC(=O)OC(C)(C)C)C(=O)N1CCc2cc(OCCCc3ccc(F)cc3F)ccc21. The normalized spacial score (nSPS) is 13.8. The number of rotatable bonds is 9. The molecule has 0 radical (unpaired) electrons. The van der Waals surface area contributed by atoms with Crippen molar-refractivity contribution >= 4 is 23.7 Å². The minimum Gasteiger partial charge on any atom is -0.494 e. The molecule has 2 aromatic carbocycles. The van der Waals surface area contributed by atoms with Crippen LogP contribution in [0, 0.1) is 11.6 Å². The Morgan fingerprint density at radius 2 is 1.68 bits per heavy atom. The largest absolute Gasteiger partial charge is 0.494 e. The minimum absolute atomic E-state index is 0.329. The summed E-state index contributed by atoms with van der Waals surface area (Å²) < 4.78 is 43.4. The number of carbonyl (C=O) groups excluding carboxylic acids is 3. The Labute approximate surface area is 234 Å². The van der Waals surface area contributed by atoms with Crippen LogP contribution in [0.15, 0.2) is 36.4 Å². The molecule has 0 bridgehead atoms. The van der Waals surface area contributed by atoms with E-state index in [0.717, 1.165) is 11.6 Å². The van der Waals surface area contributed by atoms with E-state index in [-0.39, 0.29) is 6.42 Å². The first-order valence-electron chi connectivity index (χ1n) is 13.3. The predicted octanol–water partition coefficient (Wildman–Crippen LogP) is 5.49. The van der Waals surface area contributed by atoms with Crippen molar-refractivity contribution < 1.29 is 37.4 Å². The van der Waals surface area contributed by atoms with Crippen molar-refractivity contribution in [3.05, 3.63) is 59.2 Å². The minimum atomic E-state index is -1.18. The molecule has 2 amide bonds. The molecular weight excluding hydrogens is 522 g/mol. The Balaban J connectivity index is 1.65. The lowest BCUT2D eigenvalue weighted by Gasteiger charge is -2.27. The van der Waals surface area contributed by atoms with Gasteiger partial charge in [-0.3, -0.25) is 9.59 Å². The highest BCUT2D eigenvalue weighted by atomic mass is 19.1. The van der Waals surface area contributed by atoms with Gasteiger partial charge in [0.05, 0.1) is 13.0 Å². The van der Waals surface area contributed by atoms with Crippen molar-refractivity contribution in [1.82, 2.24) is 5.32 Å². The third-order valence-corrected chi connectivity index (χ3v) is 5.87. The van der Waals surface area contributed by atoms with E-state index < -0.39 is 46.8 Å². The summed E-state index contributed by atoms with van der Waals surface area (Å²) in [6.45, 7) is 11.0. The lowest BCUT2D eigenvalue weighted by atomic mass is 10.1. The highest BCUT2D eigenvalue weighted by Gasteiger charge is 2.35. The Morgan fingerprint density at radius 1 is 0.975 bits per heavy atom. The van der Waals surface area contributed by atoms with Crippen molar-refractivity contribution in [3.8, 4) is 5.75 Å². The highest BCUT2D eigenvalue weighted by Crippen LogP contribution is 2.32. The molecule has 1 atom stereocenters. The molecule has 0 unspecified atom stereocenters. The maximum absolute atomic E-state index is 13.8. The molecule has 3 rings (SSSR count). The number of aryl methyl sites for hydroxylation is 1. The second kappa shape index (κ2) is 12.7. The van der Waals surface area contributed by atoms with Gasteiger partial charge < -0.3 is 24.4 Å². The number of hydrogen-bond donors (Lipinski definition) is 1. The van der Waals surface area contributed by atoms with Crippen LogP contribution in [0.25, 0.3) is 0 Å². The molecule has 1 N–H and O–H groups in total. The average molecular weight is 561 g/mol. The fourth-order valence-electron chi connectivity index (χ4n) is 4.26. The maximum atomic E-state index is 13.8. The van der Waals surface area contributed by atoms with Crippen LogP contribution in [-0.4, -0.2) is 48.4 Å². The molecule has 40 heavy (non-hydrogen) atoms. The van der Waals surface area contributed by atoms with E-state index in [2.05, 4.69) is 5.32 Å². The number of esters is 1. The molecule has 10 heteroatoms. The Bertz CT molecular complexity index is 1210. The summed E-state index contributed by atoms with van der Waals surface area (Å²) in [6, 6.07) is 7.67. The van der Waals surface area contributed by atoms with Gasteiger partial charge in [0.25, 0.3) is 0 Å². The van der Waals surface area contributed by atoms with Gasteiger partial charge in [0.2, 0.25) is 5.91 Å². The van der Waals surface area contributed by atoms with Gasteiger partial charge >= 0.3 is 12.1 Å². The first kappa shape index (κ1) is 30.8. The van der Waals surface area contributed by atoms with E-state index in [1.54, 1.807) is 53.7 Å². The number of halogens is 2. The number of fused-ring (bicyclic) bond motifs is 1. The van der Waals surface area contributed by atoms with Crippen molar-refractivity contribution in [2.45, 2.75) is 84.5 Å². The van der Waals surface area contributed by atoms with Crippen LogP contribution >= 0.6 is 0 Å². The first-order chi connectivity index (χ1) is 18.6. The predicted molar refractivity (Wildman–Crippen MR) is 146 cm³/mol. The molecule has 0 aromatic heterocycles. The topological polar surface area (TPSA) is 94.2 Å². The summed E-state index contributed by atoms with van der Waals surface area (Å²) in [5.41, 5.74) is 0.428. The van der Waals surface area contributed by atoms with Gasteiger partial charge in [-0.25, -0.2) is 13.6 Å². The van der Waals surface area contributed by atoms with Crippen LogP contribution in [0.4, 0.5) is 19.3 Å². The van der Waals surface area contributed by atoms with E-state index in [1.807, 2.05) is 6.07 Å². The van der Waals surface area contributed by atoms with Crippen LogP contribution in [-0.2, 0) is 31.9 Å². The molecule has 0 saturated heterocycles. The first-order valence-corrected chi connectivity index (χ1v) is 13.3. The molecule has 0 aliphatic carbocycles. The lowest BCUT2D eigenvalue weighted by molar-refractivity contribution is -0.156. The summed E-state index contributed by atoms with van der Waals surface area (Å²) in [5.74, 6) is -1.66. The Hall–Kier alpha value is -3.69. The molecule has 1 aliphatic heterocycles. The smallest absolute Gasteiger partial charge is 0.408 e. The summed E-state index contributed by atoms with van der Waals surface area (Å²) in [7, 11) is 0. The van der Waals surface area contributed by atoms with E-state index in [0.29, 0.717) is 49.4 Å². The van der Waals surface area contributed by atoms with Crippen LogP contribution in [0.3, 0.4) is 0 Å². The number of carbonyl (C=O) groups is 3. The summed E-state index contributed by atoms with van der Waals surface area (Å²) in [4.78, 5) is 40.1. The number of benzene rings is 2. The van der Waals surface area contributed by atoms with E-state index in [4.69, 9.17) is 14.2 Å². The number of amides is 2. The van der Waals surface area contributed by atoms with Crippen molar-refractivity contribution in [3.63, 3.8) is 0 Å². The van der Waals surface area contributed by atoms with E-state index in [9.17, 15) is 23.2 Å². The standard InChI is InChI=1S/C30H38F2N2O6/c1-29(2,3)39-26(35)18-24(33-28(37)40-30(4,5)6)27(36)34-14-13-20-16-22(11-12-25(20)34)38-15-7-8-19-9-10-21(31)17-23(19)32/h9-12,16-17,24H,7-8,13-15,18H2,1-6H3,(H,33,37)/t24-/m1/s1. The summed E-state index contributed by atoms with van der Waals surface area (Å²) in [6.07, 6.45) is 0.343. The lowest BCUT2D eigenvalue weighted by Crippen LogP contribution is -2.50. The molecular formula is C30H38F2N2O6. The maximum Gasteiger partial charge on any atom is 0.408 e. The second-order valence-corrected chi connectivity index (χ2v) is 11.7. The molecule has 2 aromatic rings. The van der Waals surface area contributed by atoms with Gasteiger partial charge in [-0.05, 0) is 96.2 Å². The molecule has 8 nitrogen and oxygen atoms in total. The molecule has 1 heterocycles. The molecule has 218 valence electrons. The zero-order valence-corrected chi connectivity index (χ0v) is 23.9. The number of nitrogens with zero attached hydrogens (tertiary/aromatic N) is 1. The van der Waals surface area contributed by atoms with Crippen LogP contribution < -0.4 is 15.0 Å². The number of alkyl carbamates (subject to hydrolysis) is 1. The van der Waals surface area contributed by atoms with Crippen molar-refractivity contribution in [2.24, 2.45) is 0 Å². The third-order valence-electron chi connectivity index (χ3n) is 5.87. The van der Waals surface area contributed by atoms with Crippen LogP contribution in [0.5, 0.6) is 5.75 Å². The zero-order chi connectivity index (χ0) is 29.7. The number of hydrogen-bond acceptors (Lipinski definition) is 6. The van der Waals surface area contributed by atoms with Crippen molar-refractivity contribution in [2.75, 3.05) is 18.1 Å². The zero-order valence-electron chi connectivity index (χ0n) is 23.9. The fraction of sp³-hybridized carbons (Fsp3) is 0.500. The van der Waals surface area contributed by atoms with Crippen LogP contribution in [0.2, 0.25) is 0 Å². The molecule has 1 aliphatic rings. The summed E-state index contributed by atoms with van der Waals surface area (Å²) >= 11 is 0. The van der Waals surface area contributed by atoms with Gasteiger partial charge in [0.15, 0.2) is 0 Å². The van der Waals surface area contributed by atoms with Gasteiger partial charge in [0, 0.05) is 18.3 Å².